The summed E-state index contributed by atoms with van der Waals surface area (Å²) >= 11 is 0. The van der Waals surface area contributed by atoms with Crippen LogP contribution in [-0.4, -0.2) is 34.6 Å². The lowest BCUT2D eigenvalue weighted by atomic mass is 9.55. The van der Waals surface area contributed by atoms with Gasteiger partial charge in [-0.3, -0.25) is 14.5 Å². The minimum Gasteiger partial charge on any atom is -0.291 e. The fourth-order valence-corrected chi connectivity index (χ4v) is 8.41. The fraction of sp³-hybridized carbons (Fsp3) is 0.212. The Bertz CT molecular complexity index is 1510. The Morgan fingerprint density at radius 2 is 1.11 bits per heavy atom. The van der Waals surface area contributed by atoms with Gasteiger partial charge in [0, 0.05) is 23.1 Å². The van der Waals surface area contributed by atoms with E-state index in [0.29, 0.717) is 11.1 Å². The van der Waals surface area contributed by atoms with Crippen molar-refractivity contribution in [2.75, 3.05) is 6.54 Å². The molecule has 1 unspecified atom stereocenters. The van der Waals surface area contributed by atoms with E-state index in [9.17, 15) is 9.59 Å². The minimum absolute atomic E-state index is 0.0202. The number of Topliss-reactive ketones (excluding diaryl/α,β-unsaturated/α-hetero) is 2. The molecule has 2 aliphatic carbocycles. The lowest BCUT2D eigenvalue weighted by Gasteiger charge is -2.46. The molecule has 0 bridgehead atoms. The maximum atomic E-state index is 14.9. The van der Waals surface area contributed by atoms with E-state index in [4.69, 9.17) is 0 Å². The first-order chi connectivity index (χ1) is 17.7. The van der Waals surface area contributed by atoms with Crippen LogP contribution < -0.4 is 0 Å². The zero-order chi connectivity index (χ0) is 24.1. The Morgan fingerprint density at radius 3 is 1.69 bits per heavy atom. The first kappa shape index (κ1) is 20.4. The molecule has 8 rings (SSSR count). The van der Waals surface area contributed by atoms with Crippen LogP contribution in [0.4, 0.5) is 0 Å². The normalized spacial score (nSPS) is 24.2. The molecule has 3 nitrogen and oxygen atoms in total. The van der Waals surface area contributed by atoms with Gasteiger partial charge in [-0.05, 0) is 47.2 Å². The van der Waals surface area contributed by atoms with E-state index in [0.717, 1.165) is 41.6 Å². The van der Waals surface area contributed by atoms with Gasteiger partial charge in [-0.15, -0.1) is 0 Å². The van der Waals surface area contributed by atoms with E-state index in [2.05, 4.69) is 77.7 Å². The zero-order valence-corrected chi connectivity index (χ0v) is 19.9. The largest absolute Gasteiger partial charge is 0.291 e. The van der Waals surface area contributed by atoms with E-state index in [1.165, 1.54) is 5.56 Å². The standard InChI is InChI=1S/C33H25NO2/c35-30-24-15-4-5-16-25(24)31(36)33(30)32(26-17-8-6-13-22(26)23-14-7-9-18-27(23)32)29(21-11-2-1-3-12-21)28-19-10-20-34(28)33/h1-9,11-18,28-29H,10,19-20H2/t28?,29-/m0/s1. The van der Waals surface area contributed by atoms with Gasteiger partial charge in [0.1, 0.15) is 0 Å². The summed E-state index contributed by atoms with van der Waals surface area (Å²) in [6, 6.07) is 35.2. The Morgan fingerprint density at radius 1 is 0.611 bits per heavy atom. The van der Waals surface area contributed by atoms with Crippen molar-refractivity contribution in [3.05, 3.63) is 131 Å². The molecule has 2 atom stereocenters. The van der Waals surface area contributed by atoms with E-state index < -0.39 is 11.0 Å². The molecule has 0 N–H and O–H groups in total. The number of rotatable bonds is 1. The smallest absolute Gasteiger partial charge is 0.193 e. The molecule has 0 radical (unpaired) electrons. The highest BCUT2D eigenvalue weighted by molar-refractivity contribution is 6.35. The fourth-order valence-electron chi connectivity index (χ4n) is 8.41. The van der Waals surface area contributed by atoms with Crippen molar-refractivity contribution in [3.8, 4) is 11.1 Å². The van der Waals surface area contributed by atoms with Crippen molar-refractivity contribution in [1.82, 2.24) is 4.90 Å². The molecule has 2 heterocycles. The first-order valence-corrected chi connectivity index (χ1v) is 12.9. The van der Waals surface area contributed by atoms with Crippen molar-refractivity contribution in [1.29, 1.82) is 0 Å². The highest BCUT2D eigenvalue weighted by Crippen LogP contribution is 2.70. The van der Waals surface area contributed by atoms with Crippen LogP contribution >= 0.6 is 0 Å². The Balaban J connectivity index is 1.58. The summed E-state index contributed by atoms with van der Waals surface area (Å²) in [5.74, 6) is -0.0758. The van der Waals surface area contributed by atoms with Gasteiger partial charge in [0.05, 0.1) is 5.41 Å². The van der Waals surface area contributed by atoms with Crippen LogP contribution in [-0.2, 0) is 5.41 Å². The first-order valence-electron chi connectivity index (χ1n) is 12.9. The van der Waals surface area contributed by atoms with E-state index >= 15 is 0 Å². The number of ketones is 2. The summed E-state index contributed by atoms with van der Waals surface area (Å²) in [6.07, 6.45) is 1.97. The SMILES string of the molecule is O=C1c2ccccc2C(=O)C12N1CCCC1[C@H](c1ccccc1)C21c2ccccc2-c2ccccc21. The third-order valence-corrected chi connectivity index (χ3v) is 9.38. The third kappa shape index (κ3) is 2.04. The minimum atomic E-state index is -1.29. The molecule has 0 aromatic heterocycles. The average Bonchev–Trinajstić information content (AvgIpc) is 3.64. The highest BCUT2D eigenvalue weighted by Gasteiger charge is 2.79. The van der Waals surface area contributed by atoms with Crippen LogP contribution in [0.25, 0.3) is 11.1 Å². The third-order valence-electron chi connectivity index (χ3n) is 9.38. The van der Waals surface area contributed by atoms with Gasteiger partial charge in [0.15, 0.2) is 17.1 Å². The van der Waals surface area contributed by atoms with Crippen molar-refractivity contribution >= 4 is 11.6 Å². The molecule has 2 saturated heterocycles. The van der Waals surface area contributed by atoms with Crippen molar-refractivity contribution < 1.29 is 9.59 Å². The van der Waals surface area contributed by atoms with Gasteiger partial charge in [-0.1, -0.05) is 103 Å². The summed E-state index contributed by atoms with van der Waals surface area (Å²) in [7, 11) is 0. The summed E-state index contributed by atoms with van der Waals surface area (Å²) in [6.45, 7) is 0.756. The molecule has 0 saturated carbocycles. The molecule has 0 amide bonds. The Kier molecular flexibility index (Phi) is 3.90. The van der Waals surface area contributed by atoms with E-state index in [1.54, 1.807) is 0 Å². The molecule has 4 aromatic carbocycles. The molecule has 2 spiro atoms. The quantitative estimate of drug-likeness (QED) is 0.321. The monoisotopic (exact) mass is 467 g/mol. The predicted molar refractivity (Wildman–Crippen MR) is 139 cm³/mol. The lowest BCUT2D eigenvalue weighted by Crippen LogP contribution is -2.64. The van der Waals surface area contributed by atoms with Crippen LogP contribution in [0.1, 0.15) is 56.2 Å². The van der Waals surface area contributed by atoms with Crippen molar-refractivity contribution in [2.45, 2.75) is 35.8 Å². The van der Waals surface area contributed by atoms with Gasteiger partial charge in [-0.2, -0.15) is 0 Å². The number of hydrogen-bond donors (Lipinski definition) is 0. The maximum Gasteiger partial charge on any atom is 0.193 e. The number of carbonyl (C=O) groups excluding carboxylic acids is 2. The summed E-state index contributed by atoms with van der Waals surface area (Å²) in [4.78, 5) is 32.1. The molecular weight excluding hydrogens is 442 g/mol. The molecular formula is C33H25NO2. The summed E-state index contributed by atoms with van der Waals surface area (Å²) in [5.41, 5.74) is 4.77. The second-order valence-electron chi connectivity index (χ2n) is 10.6. The number of fused-ring (bicyclic) bond motifs is 9. The van der Waals surface area contributed by atoms with Crippen LogP contribution in [0.5, 0.6) is 0 Å². The molecule has 2 aliphatic heterocycles. The van der Waals surface area contributed by atoms with Crippen LogP contribution in [0.3, 0.4) is 0 Å². The van der Waals surface area contributed by atoms with Gasteiger partial charge in [0.2, 0.25) is 0 Å². The van der Waals surface area contributed by atoms with Crippen LogP contribution in [0.15, 0.2) is 103 Å². The molecule has 174 valence electrons. The average molecular weight is 468 g/mol. The molecule has 36 heavy (non-hydrogen) atoms. The zero-order valence-electron chi connectivity index (χ0n) is 19.9. The van der Waals surface area contributed by atoms with Crippen LogP contribution in [0.2, 0.25) is 0 Å². The van der Waals surface area contributed by atoms with Crippen molar-refractivity contribution in [2.24, 2.45) is 0 Å². The highest BCUT2D eigenvalue weighted by atomic mass is 16.2. The van der Waals surface area contributed by atoms with Crippen LogP contribution in [0, 0.1) is 0 Å². The second kappa shape index (κ2) is 6.89. The van der Waals surface area contributed by atoms with Gasteiger partial charge < -0.3 is 0 Å². The lowest BCUT2D eigenvalue weighted by molar-refractivity contribution is 0.0497. The maximum absolute atomic E-state index is 14.9. The second-order valence-corrected chi connectivity index (χ2v) is 10.6. The molecule has 3 heteroatoms. The number of benzene rings is 4. The Labute approximate surface area is 210 Å². The van der Waals surface area contributed by atoms with Gasteiger partial charge in [-0.25, -0.2) is 0 Å². The molecule has 2 fully saturated rings. The van der Waals surface area contributed by atoms with Gasteiger partial charge in [0.25, 0.3) is 0 Å². The molecule has 4 aromatic rings. The Hall–Kier alpha value is -3.82. The molecule has 4 aliphatic rings. The summed E-state index contributed by atoms with van der Waals surface area (Å²) in [5, 5.41) is 0. The van der Waals surface area contributed by atoms with Crippen molar-refractivity contribution in [3.63, 3.8) is 0 Å². The van der Waals surface area contributed by atoms with E-state index in [-0.39, 0.29) is 23.5 Å². The van der Waals surface area contributed by atoms with Gasteiger partial charge >= 0.3 is 0 Å². The number of nitrogens with zero attached hydrogens (tertiary/aromatic N) is 1. The topological polar surface area (TPSA) is 37.4 Å². The predicted octanol–water partition coefficient (Wildman–Crippen LogP) is 6.03. The summed E-state index contributed by atoms with van der Waals surface area (Å²) < 4.78 is 0. The van der Waals surface area contributed by atoms with E-state index in [1.807, 2.05) is 30.3 Å². The number of carbonyl (C=O) groups is 2. The number of hydrogen-bond acceptors (Lipinski definition) is 3.